The molecular formula is C16H23NO6S. The molecule has 0 radical (unpaired) electrons. The number of benzene rings is 1. The number of methoxy groups -OCH3 is 1. The molecule has 0 aromatic heterocycles. The molecule has 4 atom stereocenters. The summed E-state index contributed by atoms with van der Waals surface area (Å²) in [6, 6.07) is 8.38. The Morgan fingerprint density at radius 2 is 2.00 bits per heavy atom. The van der Waals surface area contributed by atoms with Crippen LogP contribution < -0.4 is 4.72 Å². The average molecular weight is 357 g/mol. The lowest BCUT2D eigenvalue weighted by molar-refractivity contribution is -0.296. The lowest BCUT2D eigenvalue weighted by atomic mass is 10.1. The highest BCUT2D eigenvalue weighted by atomic mass is 32.2. The summed E-state index contributed by atoms with van der Waals surface area (Å²) < 4.78 is 50.2. The first-order valence-corrected chi connectivity index (χ1v) is 9.49. The second kappa shape index (κ2) is 6.70. The van der Waals surface area contributed by atoms with E-state index in [0.717, 1.165) is 0 Å². The molecule has 0 spiro atoms. The zero-order chi connectivity index (χ0) is 17.4. The topological polar surface area (TPSA) is 83.1 Å². The summed E-state index contributed by atoms with van der Waals surface area (Å²) in [5, 5.41) is 0. The lowest BCUT2D eigenvalue weighted by Crippen LogP contribution is -2.55. The van der Waals surface area contributed by atoms with Crippen LogP contribution >= 0.6 is 0 Å². The molecule has 2 heterocycles. The number of hydrogen-bond donors (Lipinski definition) is 1. The molecule has 2 aliphatic heterocycles. The van der Waals surface area contributed by atoms with Gasteiger partial charge in [-0.1, -0.05) is 30.3 Å². The molecule has 2 aliphatic rings. The van der Waals surface area contributed by atoms with Crippen LogP contribution in [-0.4, -0.2) is 52.5 Å². The quantitative estimate of drug-likeness (QED) is 0.846. The fourth-order valence-corrected chi connectivity index (χ4v) is 4.39. The molecule has 0 saturated carbocycles. The third-order valence-electron chi connectivity index (χ3n) is 4.09. The van der Waals surface area contributed by atoms with E-state index < -0.39 is 34.2 Å². The Morgan fingerprint density at radius 1 is 1.29 bits per heavy atom. The third-order valence-corrected chi connectivity index (χ3v) is 5.43. The Labute approximate surface area is 142 Å². The van der Waals surface area contributed by atoms with Crippen molar-refractivity contribution in [2.75, 3.05) is 13.7 Å². The van der Waals surface area contributed by atoms with Gasteiger partial charge in [-0.3, -0.25) is 0 Å². The van der Waals surface area contributed by atoms with Gasteiger partial charge in [-0.05, 0) is 19.4 Å². The number of sulfonamides is 1. The maximum atomic E-state index is 12.5. The van der Waals surface area contributed by atoms with E-state index in [1.54, 1.807) is 26.0 Å². The summed E-state index contributed by atoms with van der Waals surface area (Å²) in [6.07, 6.45) is -1.56. The number of hydrogen-bond acceptors (Lipinski definition) is 6. The zero-order valence-corrected chi connectivity index (χ0v) is 14.8. The zero-order valence-electron chi connectivity index (χ0n) is 14.0. The molecule has 134 valence electrons. The van der Waals surface area contributed by atoms with Crippen LogP contribution in [-0.2, 0) is 34.7 Å². The maximum Gasteiger partial charge on any atom is 0.216 e. The first-order chi connectivity index (χ1) is 11.3. The molecule has 0 aliphatic carbocycles. The Hall–Kier alpha value is -1.03. The standard InChI is InChI=1S/C16H23NO6S/c1-16(2)21-9-12-14(23-16)13(15(20-3)22-12)17-24(18,19)10-11-7-5-4-6-8-11/h4-8,12-15,17H,9-10H2,1-3H3. The minimum Gasteiger partial charge on any atom is -0.354 e. The van der Waals surface area contributed by atoms with Gasteiger partial charge in [0.15, 0.2) is 12.1 Å². The highest BCUT2D eigenvalue weighted by molar-refractivity contribution is 7.88. The van der Waals surface area contributed by atoms with Crippen molar-refractivity contribution >= 4 is 10.0 Å². The molecule has 8 heteroatoms. The number of ether oxygens (including phenoxy) is 4. The summed E-state index contributed by atoms with van der Waals surface area (Å²) in [4.78, 5) is 0. The minimum atomic E-state index is -3.58. The lowest BCUT2D eigenvalue weighted by Gasteiger charge is -2.38. The smallest absolute Gasteiger partial charge is 0.216 e. The summed E-state index contributed by atoms with van der Waals surface area (Å²) in [6.45, 7) is 3.91. The van der Waals surface area contributed by atoms with Gasteiger partial charge in [0.2, 0.25) is 10.0 Å². The van der Waals surface area contributed by atoms with E-state index in [9.17, 15) is 8.42 Å². The van der Waals surface area contributed by atoms with Crippen molar-refractivity contribution in [3.05, 3.63) is 35.9 Å². The van der Waals surface area contributed by atoms with Crippen LogP contribution in [0.4, 0.5) is 0 Å². The molecule has 24 heavy (non-hydrogen) atoms. The molecule has 7 nitrogen and oxygen atoms in total. The molecule has 2 saturated heterocycles. The van der Waals surface area contributed by atoms with E-state index in [4.69, 9.17) is 18.9 Å². The van der Waals surface area contributed by atoms with Crippen molar-refractivity contribution < 1.29 is 27.4 Å². The van der Waals surface area contributed by atoms with Crippen LogP contribution in [0.2, 0.25) is 0 Å². The van der Waals surface area contributed by atoms with E-state index in [1.807, 2.05) is 18.2 Å². The largest absolute Gasteiger partial charge is 0.354 e. The predicted octanol–water partition coefficient (Wildman–Crippen LogP) is 0.997. The molecule has 0 amide bonds. The molecular weight excluding hydrogens is 334 g/mol. The highest BCUT2D eigenvalue weighted by Crippen LogP contribution is 2.33. The Morgan fingerprint density at radius 3 is 2.67 bits per heavy atom. The number of nitrogens with one attached hydrogen (secondary N) is 1. The first-order valence-electron chi connectivity index (χ1n) is 7.84. The van der Waals surface area contributed by atoms with Gasteiger partial charge >= 0.3 is 0 Å². The van der Waals surface area contributed by atoms with Gasteiger partial charge in [0.05, 0.1) is 12.4 Å². The second-order valence-electron chi connectivity index (χ2n) is 6.46. The molecule has 1 aromatic rings. The Balaban J connectivity index is 1.76. The van der Waals surface area contributed by atoms with Crippen molar-refractivity contribution in [1.29, 1.82) is 0 Å². The Kier molecular flexibility index (Phi) is 4.96. The molecule has 1 N–H and O–H groups in total. The van der Waals surface area contributed by atoms with Crippen LogP contribution in [0.15, 0.2) is 30.3 Å². The predicted molar refractivity (Wildman–Crippen MR) is 86.6 cm³/mol. The summed E-state index contributed by atoms with van der Waals surface area (Å²) in [5.41, 5.74) is 0.711. The van der Waals surface area contributed by atoms with Crippen LogP contribution in [0, 0.1) is 0 Å². The summed E-state index contributed by atoms with van der Waals surface area (Å²) in [5.74, 6) is -0.908. The first kappa shape index (κ1) is 17.8. The van der Waals surface area contributed by atoms with E-state index in [0.29, 0.717) is 12.2 Å². The van der Waals surface area contributed by atoms with Gasteiger partial charge in [0.1, 0.15) is 18.2 Å². The van der Waals surface area contributed by atoms with Gasteiger partial charge in [-0.15, -0.1) is 0 Å². The van der Waals surface area contributed by atoms with E-state index in [-0.39, 0.29) is 11.9 Å². The van der Waals surface area contributed by atoms with Gasteiger partial charge in [-0.2, -0.15) is 0 Å². The monoisotopic (exact) mass is 357 g/mol. The van der Waals surface area contributed by atoms with Crippen LogP contribution in [0.3, 0.4) is 0 Å². The van der Waals surface area contributed by atoms with E-state index in [2.05, 4.69) is 4.72 Å². The molecule has 3 rings (SSSR count). The van der Waals surface area contributed by atoms with Crippen molar-refractivity contribution in [2.24, 2.45) is 0 Å². The number of fused-ring (bicyclic) bond motifs is 1. The summed E-state index contributed by atoms with van der Waals surface area (Å²) in [7, 11) is -2.10. The van der Waals surface area contributed by atoms with Crippen molar-refractivity contribution in [2.45, 2.75) is 49.9 Å². The third kappa shape index (κ3) is 3.96. The molecule has 2 fully saturated rings. The van der Waals surface area contributed by atoms with Crippen LogP contribution in [0.25, 0.3) is 0 Å². The summed E-state index contributed by atoms with van der Waals surface area (Å²) >= 11 is 0. The maximum absolute atomic E-state index is 12.5. The van der Waals surface area contributed by atoms with Gasteiger partial charge in [0, 0.05) is 7.11 Å². The van der Waals surface area contributed by atoms with Crippen LogP contribution in [0.5, 0.6) is 0 Å². The molecule has 4 unspecified atom stereocenters. The van der Waals surface area contributed by atoms with Crippen molar-refractivity contribution in [3.63, 3.8) is 0 Å². The van der Waals surface area contributed by atoms with Gasteiger partial charge in [-0.25, -0.2) is 13.1 Å². The number of rotatable bonds is 5. The molecule has 0 bridgehead atoms. The normalized spacial score (nSPS) is 32.5. The SMILES string of the molecule is COC1OC2COC(C)(C)OC2C1NS(=O)(=O)Cc1ccccc1. The van der Waals surface area contributed by atoms with Gasteiger partial charge in [0.25, 0.3) is 0 Å². The van der Waals surface area contributed by atoms with E-state index in [1.165, 1.54) is 7.11 Å². The molecule has 1 aromatic carbocycles. The minimum absolute atomic E-state index is 0.113. The fraction of sp³-hybridized carbons (Fsp3) is 0.625. The fourth-order valence-electron chi connectivity index (χ4n) is 3.02. The average Bonchev–Trinajstić information content (AvgIpc) is 2.83. The Bertz CT molecular complexity index is 662. The van der Waals surface area contributed by atoms with Gasteiger partial charge < -0.3 is 18.9 Å². The highest BCUT2D eigenvalue weighted by Gasteiger charge is 2.52. The van der Waals surface area contributed by atoms with Crippen LogP contribution in [0.1, 0.15) is 19.4 Å². The van der Waals surface area contributed by atoms with Crippen molar-refractivity contribution in [1.82, 2.24) is 4.72 Å². The second-order valence-corrected chi connectivity index (χ2v) is 8.21. The van der Waals surface area contributed by atoms with E-state index >= 15 is 0 Å². The van der Waals surface area contributed by atoms with Crippen molar-refractivity contribution in [3.8, 4) is 0 Å².